The van der Waals surface area contributed by atoms with E-state index >= 15 is 0 Å². The molecule has 2 fully saturated rings. The number of rotatable bonds is 3. The van der Waals surface area contributed by atoms with Crippen LogP contribution in [-0.4, -0.2) is 36.5 Å². The normalized spacial score (nSPS) is 26.8. The molecule has 1 saturated heterocycles. The van der Waals surface area contributed by atoms with Crippen molar-refractivity contribution in [3.05, 3.63) is 35.4 Å². The molecule has 134 valence electrons. The Morgan fingerprint density at radius 3 is 2.29 bits per heavy atom. The van der Waals surface area contributed by atoms with Crippen molar-refractivity contribution in [3.63, 3.8) is 0 Å². The van der Waals surface area contributed by atoms with Crippen LogP contribution in [-0.2, 0) is 6.18 Å². The summed E-state index contributed by atoms with van der Waals surface area (Å²) in [6.45, 7) is 4.18. The summed E-state index contributed by atoms with van der Waals surface area (Å²) in [6, 6.07) is 4.95. The third kappa shape index (κ3) is 3.72. The molecule has 1 aromatic rings. The molecule has 1 aromatic carbocycles. The number of nitrogens with one attached hydrogen (secondary N) is 1. The van der Waals surface area contributed by atoms with Crippen molar-refractivity contribution in [1.29, 1.82) is 0 Å². The van der Waals surface area contributed by atoms with Crippen LogP contribution in [0.1, 0.15) is 36.9 Å². The molecule has 1 heterocycles. The predicted molar refractivity (Wildman–Crippen MR) is 80.9 cm³/mol. The Morgan fingerprint density at radius 2 is 1.79 bits per heavy atom. The van der Waals surface area contributed by atoms with E-state index in [9.17, 15) is 22.0 Å². The maximum absolute atomic E-state index is 13.3. The van der Waals surface area contributed by atoms with E-state index in [1.807, 2.05) is 6.92 Å². The zero-order chi connectivity index (χ0) is 17.5. The highest BCUT2D eigenvalue weighted by atomic mass is 19.4. The molecule has 1 N–H and O–H groups in total. The fraction of sp³-hybridized carbons (Fsp3) is 0.647. The number of piperazine rings is 1. The number of hydrogen-bond acceptors (Lipinski definition) is 2. The van der Waals surface area contributed by atoms with Gasteiger partial charge in [0.1, 0.15) is 0 Å². The third-order valence-electron chi connectivity index (χ3n) is 4.94. The molecule has 0 bridgehead atoms. The summed E-state index contributed by atoms with van der Waals surface area (Å²) < 4.78 is 64.9. The maximum atomic E-state index is 13.3. The standard InChI is InChI=1S/C17H21F5N2/c1-11-10-24(7-6-23-11)15(13-8-16(18,19)9-13)12-2-4-14(5-3-12)17(20,21)22/h2-5,11,13,15,23H,6-10H2,1H3. The van der Waals surface area contributed by atoms with E-state index in [-0.39, 0.29) is 30.8 Å². The molecule has 2 atom stereocenters. The van der Waals surface area contributed by atoms with Gasteiger partial charge in [-0.2, -0.15) is 13.2 Å². The lowest BCUT2D eigenvalue weighted by Gasteiger charge is -2.47. The Labute approximate surface area is 138 Å². The molecule has 0 amide bonds. The minimum Gasteiger partial charge on any atom is -0.312 e. The van der Waals surface area contributed by atoms with Gasteiger partial charge in [-0.1, -0.05) is 12.1 Å². The second-order valence-electron chi connectivity index (χ2n) is 6.94. The lowest BCUT2D eigenvalue weighted by Crippen LogP contribution is -2.54. The highest BCUT2D eigenvalue weighted by Crippen LogP contribution is 2.50. The lowest BCUT2D eigenvalue weighted by atomic mass is 9.73. The topological polar surface area (TPSA) is 15.3 Å². The molecule has 2 unspecified atom stereocenters. The summed E-state index contributed by atoms with van der Waals surface area (Å²) in [5, 5.41) is 3.30. The van der Waals surface area contributed by atoms with Crippen LogP contribution in [0.5, 0.6) is 0 Å². The first kappa shape index (κ1) is 17.6. The van der Waals surface area contributed by atoms with Gasteiger partial charge >= 0.3 is 6.18 Å². The van der Waals surface area contributed by atoms with Gasteiger partial charge < -0.3 is 5.32 Å². The first-order valence-electron chi connectivity index (χ1n) is 8.18. The van der Waals surface area contributed by atoms with E-state index in [1.54, 1.807) is 0 Å². The molecule has 1 aliphatic carbocycles. The van der Waals surface area contributed by atoms with Crippen LogP contribution in [0.2, 0.25) is 0 Å². The van der Waals surface area contributed by atoms with E-state index in [4.69, 9.17) is 0 Å². The smallest absolute Gasteiger partial charge is 0.312 e. The van der Waals surface area contributed by atoms with Crippen LogP contribution < -0.4 is 5.32 Å². The number of halogens is 5. The van der Waals surface area contributed by atoms with E-state index in [0.29, 0.717) is 18.7 Å². The molecule has 0 spiro atoms. The van der Waals surface area contributed by atoms with Gasteiger partial charge in [0.25, 0.3) is 0 Å². The molecular weight excluding hydrogens is 327 g/mol. The Balaban J connectivity index is 1.84. The molecule has 2 nitrogen and oxygen atoms in total. The highest BCUT2D eigenvalue weighted by molar-refractivity contribution is 5.28. The Morgan fingerprint density at radius 1 is 1.17 bits per heavy atom. The van der Waals surface area contributed by atoms with Gasteiger partial charge in [-0.05, 0) is 30.5 Å². The van der Waals surface area contributed by atoms with Crippen molar-refractivity contribution in [2.45, 2.75) is 43.9 Å². The van der Waals surface area contributed by atoms with Gasteiger partial charge in [0.15, 0.2) is 0 Å². The maximum Gasteiger partial charge on any atom is 0.416 e. The van der Waals surface area contributed by atoms with E-state index < -0.39 is 17.7 Å². The van der Waals surface area contributed by atoms with Gasteiger partial charge in [-0.15, -0.1) is 0 Å². The van der Waals surface area contributed by atoms with E-state index in [2.05, 4.69) is 10.2 Å². The second kappa shape index (κ2) is 6.26. The van der Waals surface area contributed by atoms with Crippen LogP contribution in [0.15, 0.2) is 24.3 Å². The zero-order valence-electron chi connectivity index (χ0n) is 13.4. The van der Waals surface area contributed by atoms with Crippen LogP contribution in [0.3, 0.4) is 0 Å². The number of hydrogen-bond donors (Lipinski definition) is 1. The third-order valence-corrected chi connectivity index (χ3v) is 4.94. The molecular formula is C17H21F5N2. The summed E-state index contributed by atoms with van der Waals surface area (Å²) in [5.41, 5.74) is -0.0183. The molecule has 1 saturated carbocycles. The minimum absolute atomic E-state index is 0.197. The summed E-state index contributed by atoms with van der Waals surface area (Å²) in [6.07, 6.45) is -4.78. The van der Waals surface area contributed by atoms with Crippen LogP contribution in [0.4, 0.5) is 22.0 Å². The van der Waals surface area contributed by atoms with Gasteiger partial charge in [-0.3, -0.25) is 4.90 Å². The summed E-state index contributed by atoms with van der Waals surface area (Å²) >= 11 is 0. The number of nitrogens with zero attached hydrogens (tertiary/aromatic N) is 1. The average molecular weight is 348 g/mol. The molecule has 24 heavy (non-hydrogen) atoms. The number of benzene rings is 1. The Bertz CT molecular complexity index is 561. The zero-order valence-corrected chi connectivity index (χ0v) is 13.4. The van der Waals surface area contributed by atoms with Crippen molar-refractivity contribution < 1.29 is 22.0 Å². The SMILES string of the molecule is CC1CN(C(c2ccc(C(F)(F)F)cc2)C2CC(F)(F)C2)CCN1. The molecule has 3 rings (SSSR count). The largest absolute Gasteiger partial charge is 0.416 e. The summed E-state index contributed by atoms with van der Waals surface area (Å²) in [4.78, 5) is 2.13. The fourth-order valence-corrected chi connectivity index (χ4v) is 3.80. The predicted octanol–water partition coefficient (Wildman–Crippen LogP) is 4.09. The Hall–Kier alpha value is -1.21. The molecule has 1 aliphatic heterocycles. The molecule has 2 aliphatic rings. The van der Waals surface area contributed by atoms with Gasteiger partial charge in [0.2, 0.25) is 5.92 Å². The number of alkyl halides is 5. The van der Waals surface area contributed by atoms with E-state index in [0.717, 1.165) is 18.7 Å². The van der Waals surface area contributed by atoms with Gasteiger partial charge in [0.05, 0.1) is 5.56 Å². The average Bonchev–Trinajstić information content (AvgIpc) is 2.45. The lowest BCUT2D eigenvalue weighted by molar-refractivity contribution is -0.137. The van der Waals surface area contributed by atoms with Crippen molar-refractivity contribution >= 4 is 0 Å². The molecule has 7 heteroatoms. The van der Waals surface area contributed by atoms with Crippen LogP contribution >= 0.6 is 0 Å². The van der Waals surface area contributed by atoms with Crippen molar-refractivity contribution in [2.75, 3.05) is 19.6 Å². The van der Waals surface area contributed by atoms with Crippen molar-refractivity contribution in [3.8, 4) is 0 Å². The minimum atomic E-state index is -4.39. The Kier molecular flexibility index (Phi) is 4.59. The molecule has 0 radical (unpaired) electrons. The first-order chi connectivity index (χ1) is 11.2. The van der Waals surface area contributed by atoms with Crippen molar-refractivity contribution in [1.82, 2.24) is 10.2 Å². The van der Waals surface area contributed by atoms with Crippen LogP contribution in [0, 0.1) is 5.92 Å². The first-order valence-corrected chi connectivity index (χ1v) is 8.18. The highest BCUT2D eigenvalue weighted by Gasteiger charge is 2.50. The van der Waals surface area contributed by atoms with Gasteiger partial charge in [-0.25, -0.2) is 8.78 Å². The second-order valence-corrected chi connectivity index (χ2v) is 6.94. The summed E-state index contributed by atoms with van der Waals surface area (Å²) in [7, 11) is 0. The quantitative estimate of drug-likeness (QED) is 0.828. The fourth-order valence-electron chi connectivity index (χ4n) is 3.80. The van der Waals surface area contributed by atoms with E-state index in [1.165, 1.54) is 12.1 Å². The van der Waals surface area contributed by atoms with Gasteiger partial charge in [0, 0.05) is 44.6 Å². The molecule has 0 aromatic heterocycles. The van der Waals surface area contributed by atoms with Crippen LogP contribution in [0.25, 0.3) is 0 Å². The van der Waals surface area contributed by atoms with Crippen molar-refractivity contribution in [2.24, 2.45) is 5.92 Å². The monoisotopic (exact) mass is 348 g/mol. The summed E-state index contributed by atoms with van der Waals surface area (Å²) in [5.74, 6) is -2.86.